The first-order valence-corrected chi connectivity index (χ1v) is 8.32. The van der Waals surface area contributed by atoms with Gasteiger partial charge in [-0.1, -0.05) is 42.5 Å². The van der Waals surface area contributed by atoms with Crippen LogP contribution in [0.1, 0.15) is 36.9 Å². The first-order chi connectivity index (χ1) is 11.3. The number of ether oxygens (including phenoxy) is 1. The zero-order chi connectivity index (χ0) is 16.1. The third kappa shape index (κ3) is 4.35. The van der Waals surface area contributed by atoms with Crippen LogP contribution in [0.4, 0.5) is 0 Å². The number of amides is 1. The Morgan fingerprint density at radius 1 is 1.13 bits per heavy atom. The fourth-order valence-corrected chi connectivity index (χ4v) is 2.84. The van der Waals surface area contributed by atoms with Crippen LogP contribution in [0.25, 0.3) is 0 Å². The molecule has 0 aliphatic heterocycles. The lowest BCUT2D eigenvalue weighted by molar-refractivity contribution is -0.121. The first-order valence-electron chi connectivity index (χ1n) is 8.32. The molecule has 0 heterocycles. The summed E-state index contributed by atoms with van der Waals surface area (Å²) in [7, 11) is 0. The van der Waals surface area contributed by atoms with Crippen LogP contribution in [0.2, 0.25) is 0 Å². The first kappa shape index (κ1) is 15.6. The Bertz CT molecular complexity index is 632. The Morgan fingerprint density at radius 2 is 1.83 bits per heavy atom. The van der Waals surface area contributed by atoms with Gasteiger partial charge in [0.2, 0.25) is 5.91 Å². The van der Waals surface area contributed by atoms with Gasteiger partial charge < -0.3 is 10.1 Å². The topological polar surface area (TPSA) is 38.3 Å². The molecule has 1 amide bonds. The van der Waals surface area contributed by atoms with Crippen molar-refractivity contribution in [2.45, 2.75) is 32.2 Å². The van der Waals surface area contributed by atoms with Crippen molar-refractivity contribution in [2.24, 2.45) is 5.92 Å². The number of hydrogen-bond donors (Lipinski definition) is 1. The van der Waals surface area contributed by atoms with E-state index in [2.05, 4.69) is 17.4 Å². The minimum Gasteiger partial charge on any atom is -0.494 e. The van der Waals surface area contributed by atoms with Crippen LogP contribution in [0.5, 0.6) is 5.75 Å². The number of nitrogens with one attached hydrogen (secondary N) is 1. The molecule has 3 nitrogen and oxygen atoms in total. The monoisotopic (exact) mass is 309 g/mol. The fraction of sp³-hybridized carbons (Fsp3) is 0.350. The average Bonchev–Trinajstić information content (AvgIpc) is 3.40. The number of benzene rings is 2. The van der Waals surface area contributed by atoms with Crippen LogP contribution in [0.15, 0.2) is 54.6 Å². The molecule has 2 aromatic rings. The minimum absolute atomic E-state index is 0.0786. The van der Waals surface area contributed by atoms with Gasteiger partial charge in [-0.3, -0.25) is 4.79 Å². The minimum atomic E-state index is 0.0786. The quantitative estimate of drug-likeness (QED) is 0.842. The molecule has 3 heteroatoms. The third-order valence-electron chi connectivity index (χ3n) is 4.17. The number of hydrogen-bond acceptors (Lipinski definition) is 2. The highest BCUT2D eigenvalue weighted by molar-refractivity contribution is 5.79. The Labute approximate surface area is 137 Å². The van der Waals surface area contributed by atoms with Crippen molar-refractivity contribution in [3.63, 3.8) is 0 Å². The van der Waals surface area contributed by atoms with Gasteiger partial charge in [0.05, 0.1) is 19.1 Å². The fourth-order valence-electron chi connectivity index (χ4n) is 2.84. The summed E-state index contributed by atoms with van der Waals surface area (Å²) in [6.07, 6.45) is 2.80. The van der Waals surface area contributed by atoms with E-state index in [1.54, 1.807) is 0 Å². The van der Waals surface area contributed by atoms with Gasteiger partial charge in [0, 0.05) is 0 Å². The molecule has 1 aliphatic carbocycles. The van der Waals surface area contributed by atoms with Gasteiger partial charge in [0.1, 0.15) is 5.75 Å². The Morgan fingerprint density at radius 3 is 2.43 bits per heavy atom. The number of rotatable bonds is 7. The highest BCUT2D eigenvalue weighted by Crippen LogP contribution is 2.40. The maximum Gasteiger partial charge on any atom is 0.224 e. The predicted molar refractivity (Wildman–Crippen MR) is 91.4 cm³/mol. The molecule has 1 atom stereocenters. The summed E-state index contributed by atoms with van der Waals surface area (Å²) in [5.74, 6) is 1.51. The zero-order valence-electron chi connectivity index (χ0n) is 13.5. The summed E-state index contributed by atoms with van der Waals surface area (Å²) in [6, 6.07) is 18.2. The second kappa shape index (κ2) is 7.32. The molecule has 0 bridgehead atoms. The Kier molecular flexibility index (Phi) is 4.96. The Balaban J connectivity index is 1.61. The van der Waals surface area contributed by atoms with E-state index in [0.717, 1.165) is 11.3 Å². The second-order valence-electron chi connectivity index (χ2n) is 6.05. The maximum atomic E-state index is 12.4. The molecule has 1 fully saturated rings. The van der Waals surface area contributed by atoms with Gasteiger partial charge in [-0.2, -0.15) is 0 Å². The van der Waals surface area contributed by atoms with Crippen LogP contribution in [0, 0.1) is 5.92 Å². The molecule has 0 saturated heterocycles. The average molecular weight is 309 g/mol. The zero-order valence-corrected chi connectivity index (χ0v) is 13.5. The molecule has 1 N–H and O–H groups in total. The standard InChI is InChI=1S/C20H23NO2/c1-2-23-18-12-8-15(9-13-18)14-19(22)21-20(17-10-11-17)16-6-4-3-5-7-16/h3-9,12-13,17,20H,2,10-11,14H2,1H3,(H,21,22). The normalized spacial score (nSPS) is 15.0. The van der Waals surface area contributed by atoms with E-state index < -0.39 is 0 Å². The number of carbonyl (C=O) groups excluding carboxylic acids is 1. The molecule has 120 valence electrons. The van der Waals surface area contributed by atoms with Gasteiger partial charge >= 0.3 is 0 Å². The van der Waals surface area contributed by atoms with Crippen molar-refractivity contribution in [1.82, 2.24) is 5.32 Å². The van der Waals surface area contributed by atoms with Gasteiger partial charge in [-0.15, -0.1) is 0 Å². The highest BCUT2D eigenvalue weighted by atomic mass is 16.5. The predicted octanol–water partition coefficient (Wildman–Crippen LogP) is 3.90. The molecule has 3 rings (SSSR count). The molecule has 2 aromatic carbocycles. The van der Waals surface area contributed by atoms with E-state index in [1.165, 1.54) is 18.4 Å². The highest BCUT2D eigenvalue weighted by Gasteiger charge is 2.33. The summed E-state index contributed by atoms with van der Waals surface area (Å²) in [5, 5.41) is 3.21. The summed E-state index contributed by atoms with van der Waals surface area (Å²) in [4.78, 5) is 12.4. The van der Waals surface area contributed by atoms with Crippen LogP contribution in [0.3, 0.4) is 0 Å². The van der Waals surface area contributed by atoms with E-state index in [0.29, 0.717) is 18.9 Å². The molecule has 23 heavy (non-hydrogen) atoms. The molecule has 1 aliphatic rings. The van der Waals surface area contributed by atoms with Crippen LogP contribution >= 0.6 is 0 Å². The van der Waals surface area contributed by atoms with Crippen molar-refractivity contribution in [3.8, 4) is 5.75 Å². The van der Waals surface area contributed by atoms with Crippen molar-refractivity contribution < 1.29 is 9.53 Å². The molecule has 0 radical (unpaired) electrons. The van der Waals surface area contributed by atoms with Crippen LogP contribution in [-0.4, -0.2) is 12.5 Å². The molecule has 0 aromatic heterocycles. The second-order valence-corrected chi connectivity index (χ2v) is 6.05. The van der Waals surface area contributed by atoms with Crippen molar-refractivity contribution >= 4 is 5.91 Å². The lowest BCUT2D eigenvalue weighted by atomic mass is 10.0. The summed E-state index contributed by atoms with van der Waals surface area (Å²) in [6.45, 7) is 2.61. The van der Waals surface area contributed by atoms with E-state index in [4.69, 9.17) is 4.74 Å². The SMILES string of the molecule is CCOc1ccc(CC(=O)NC(c2ccccc2)C2CC2)cc1. The summed E-state index contributed by atoms with van der Waals surface area (Å²) < 4.78 is 5.43. The Hall–Kier alpha value is -2.29. The van der Waals surface area contributed by atoms with E-state index in [1.807, 2.05) is 49.4 Å². The van der Waals surface area contributed by atoms with Crippen molar-refractivity contribution in [2.75, 3.05) is 6.61 Å². The van der Waals surface area contributed by atoms with Crippen LogP contribution < -0.4 is 10.1 Å². The van der Waals surface area contributed by atoms with E-state index in [-0.39, 0.29) is 11.9 Å². The van der Waals surface area contributed by atoms with Gasteiger partial charge in [-0.25, -0.2) is 0 Å². The molecular formula is C20H23NO2. The van der Waals surface area contributed by atoms with Crippen molar-refractivity contribution in [3.05, 3.63) is 65.7 Å². The van der Waals surface area contributed by atoms with E-state index >= 15 is 0 Å². The van der Waals surface area contributed by atoms with E-state index in [9.17, 15) is 4.79 Å². The van der Waals surface area contributed by atoms with Crippen LogP contribution in [-0.2, 0) is 11.2 Å². The van der Waals surface area contributed by atoms with Gasteiger partial charge in [-0.05, 0) is 48.9 Å². The van der Waals surface area contributed by atoms with Gasteiger partial charge in [0.25, 0.3) is 0 Å². The molecular weight excluding hydrogens is 286 g/mol. The smallest absolute Gasteiger partial charge is 0.224 e. The largest absolute Gasteiger partial charge is 0.494 e. The lowest BCUT2D eigenvalue weighted by Gasteiger charge is -2.19. The number of carbonyl (C=O) groups is 1. The molecule has 1 unspecified atom stereocenters. The maximum absolute atomic E-state index is 12.4. The molecule has 1 saturated carbocycles. The summed E-state index contributed by atoms with van der Waals surface area (Å²) >= 11 is 0. The third-order valence-corrected chi connectivity index (χ3v) is 4.17. The molecule has 0 spiro atoms. The van der Waals surface area contributed by atoms with Crippen molar-refractivity contribution in [1.29, 1.82) is 0 Å². The lowest BCUT2D eigenvalue weighted by Crippen LogP contribution is -2.31. The summed E-state index contributed by atoms with van der Waals surface area (Å²) in [5.41, 5.74) is 2.21. The van der Waals surface area contributed by atoms with Gasteiger partial charge in [0.15, 0.2) is 0 Å².